The lowest BCUT2D eigenvalue weighted by Gasteiger charge is -2.26. The third-order valence-corrected chi connectivity index (χ3v) is 4.87. The Labute approximate surface area is 138 Å². The molecule has 0 bridgehead atoms. The third-order valence-electron chi connectivity index (χ3n) is 4.15. The second kappa shape index (κ2) is 7.99. The topological polar surface area (TPSA) is 67.9 Å². The van der Waals surface area contributed by atoms with Crippen molar-refractivity contribution in [3.8, 4) is 11.5 Å². The molecule has 1 aromatic carbocycles. The summed E-state index contributed by atoms with van der Waals surface area (Å²) in [5, 5.41) is 0. The van der Waals surface area contributed by atoms with Gasteiger partial charge in [0, 0.05) is 18.2 Å². The van der Waals surface area contributed by atoms with Crippen LogP contribution in [0.4, 0.5) is 0 Å². The number of nitrogens with one attached hydrogen (secondary N) is 1. The fraction of sp³-hybridized carbons (Fsp3) is 0.625. The van der Waals surface area contributed by atoms with E-state index < -0.39 is 10.0 Å². The Morgan fingerprint density at radius 2 is 2.09 bits per heavy atom. The van der Waals surface area contributed by atoms with Crippen LogP contribution in [0.2, 0.25) is 0 Å². The van der Waals surface area contributed by atoms with Gasteiger partial charge in [0.1, 0.15) is 11.5 Å². The Kier molecular flexibility index (Phi) is 6.26. The van der Waals surface area contributed by atoms with Crippen LogP contribution in [0, 0.1) is 0 Å². The van der Waals surface area contributed by atoms with Gasteiger partial charge in [0.25, 0.3) is 0 Å². The van der Waals surface area contributed by atoms with E-state index >= 15 is 0 Å². The lowest BCUT2D eigenvalue weighted by molar-refractivity contribution is 0.248. The fourth-order valence-corrected chi connectivity index (χ4v) is 3.60. The second-order valence-electron chi connectivity index (χ2n) is 5.82. The predicted octanol–water partition coefficient (Wildman–Crippen LogP) is 1.78. The average molecular weight is 342 g/mol. The molecule has 2 rings (SSSR count). The number of ether oxygens (including phenoxy) is 2. The zero-order valence-corrected chi connectivity index (χ0v) is 14.9. The maximum Gasteiger partial charge on any atom is 0.208 e. The van der Waals surface area contributed by atoms with E-state index in [4.69, 9.17) is 9.47 Å². The first-order valence-corrected chi connectivity index (χ1v) is 9.74. The van der Waals surface area contributed by atoms with E-state index in [0.29, 0.717) is 12.6 Å². The van der Waals surface area contributed by atoms with Crippen LogP contribution in [0.25, 0.3) is 0 Å². The third kappa shape index (κ3) is 5.09. The molecule has 1 aliphatic heterocycles. The summed E-state index contributed by atoms with van der Waals surface area (Å²) in [6.45, 7) is 2.34. The van der Waals surface area contributed by atoms with Gasteiger partial charge < -0.3 is 9.47 Å². The molecule has 7 heteroatoms. The molecule has 0 aliphatic carbocycles. The fourth-order valence-electron chi connectivity index (χ4n) is 3.09. The van der Waals surface area contributed by atoms with Crippen molar-refractivity contribution >= 4 is 10.0 Å². The lowest BCUT2D eigenvalue weighted by Crippen LogP contribution is -2.29. The lowest BCUT2D eigenvalue weighted by atomic mass is 10.0. The number of rotatable bonds is 8. The maximum absolute atomic E-state index is 11.1. The number of hydrogen-bond donors (Lipinski definition) is 1. The SMILES string of the molecule is COc1ccc(OC)c([C@@H]2CCCN2CCCNS(C)(=O)=O)c1. The van der Waals surface area contributed by atoms with Crippen molar-refractivity contribution in [1.82, 2.24) is 9.62 Å². The molecule has 1 aliphatic rings. The minimum Gasteiger partial charge on any atom is -0.497 e. The molecule has 1 fully saturated rings. The first kappa shape index (κ1) is 18.0. The number of sulfonamides is 1. The standard InChI is InChI=1S/C16H26N2O4S/c1-21-13-7-8-16(22-2)14(12-13)15-6-4-10-18(15)11-5-9-17-23(3,19)20/h7-8,12,15,17H,4-6,9-11H2,1-3H3/t15-/m0/s1. The number of nitrogens with zero attached hydrogens (tertiary/aromatic N) is 1. The first-order chi connectivity index (χ1) is 10.9. The number of hydrogen-bond acceptors (Lipinski definition) is 5. The molecule has 1 aromatic rings. The molecule has 0 radical (unpaired) electrons. The minimum absolute atomic E-state index is 0.290. The molecule has 0 saturated carbocycles. The molecule has 0 spiro atoms. The molecule has 0 aromatic heterocycles. The van der Waals surface area contributed by atoms with E-state index in [9.17, 15) is 8.42 Å². The number of methoxy groups -OCH3 is 2. The van der Waals surface area contributed by atoms with Crippen LogP contribution >= 0.6 is 0 Å². The van der Waals surface area contributed by atoms with Crippen LogP contribution in [0.5, 0.6) is 11.5 Å². The summed E-state index contributed by atoms with van der Waals surface area (Å²) in [7, 11) is 0.232. The van der Waals surface area contributed by atoms with Crippen molar-refractivity contribution in [1.29, 1.82) is 0 Å². The van der Waals surface area contributed by atoms with Crippen LogP contribution in [0.15, 0.2) is 18.2 Å². The van der Waals surface area contributed by atoms with Crippen LogP contribution in [0.1, 0.15) is 30.9 Å². The van der Waals surface area contributed by atoms with Gasteiger partial charge in [0.15, 0.2) is 0 Å². The summed E-state index contributed by atoms with van der Waals surface area (Å²) in [5.41, 5.74) is 1.14. The van der Waals surface area contributed by atoms with Crippen LogP contribution in [-0.4, -0.2) is 53.4 Å². The summed E-state index contributed by atoms with van der Waals surface area (Å²) in [6.07, 6.45) is 4.18. The van der Waals surface area contributed by atoms with Gasteiger partial charge in [-0.3, -0.25) is 4.90 Å². The van der Waals surface area contributed by atoms with Gasteiger partial charge in [-0.1, -0.05) is 0 Å². The summed E-state index contributed by atoms with van der Waals surface area (Å²) >= 11 is 0. The zero-order valence-electron chi connectivity index (χ0n) is 14.0. The van der Waals surface area contributed by atoms with Gasteiger partial charge in [-0.15, -0.1) is 0 Å². The van der Waals surface area contributed by atoms with Gasteiger partial charge in [0.2, 0.25) is 10.0 Å². The van der Waals surface area contributed by atoms with Gasteiger partial charge in [-0.25, -0.2) is 13.1 Å². The molecular formula is C16H26N2O4S. The predicted molar refractivity (Wildman–Crippen MR) is 90.6 cm³/mol. The first-order valence-electron chi connectivity index (χ1n) is 7.85. The van der Waals surface area contributed by atoms with Crippen molar-refractivity contribution in [3.05, 3.63) is 23.8 Å². The summed E-state index contributed by atoms with van der Waals surface area (Å²) in [4.78, 5) is 2.39. The molecule has 23 heavy (non-hydrogen) atoms. The normalized spacial score (nSPS) is 19.0. The van der Waals surface area contributed by atoms with Gasteiger partial charge in [-0.05, 0) is 50.6 Å². The van der Waals surface area contributed by atoms with E-state index in [1.165, 1.54) is 6.26 Å². The van der Waals surface area contributed by atoms with Crippen LogP contribution < -0.4 is 14.2 Å². The summed E-state index contributed by atoms with van der Waals surface area (Å²) < 4.78 is 35.6. The van der Waals surface area contributed by atoms with Crippen molar-refractivity contribution in [2.75, 3.05) is 40.1 Å². The molecule has 0 unspecified atom stereocenters. The quantitative estimate of drug-likeness (QED) is 0.730. The van der Waals surface area contributed by atoms with Crippen LogP contribution in [-0.2, 0) is 10.0 Å². The monoisotopic (exact) mass is 342 g/mol. The molecule has 130 valence electrons. The van der Waals surface area contributed by atoms with Crippen LogP contribution in [0.3, 0.4) is 0 Å². The van der Waals surface area contributed by atoms with E-state index in [1.54, 1.807) is 14.2 Å². The molecule has 1 heterocycles. The van der Waals surface area contributed by atoms with E-state index in [-0.39, 0.29) is 0 Å². The molecule has 1 saturated heterocycles. The molecule has 1 N–H and O–H groups in total. The Hall–Kier alpha value is -1.31. The maximum atomic E-state index is 11.1. The molecule has 0 amide bonds. The molecule has 1 atom stereocenters. The summed E-state index contributed by atoms with van der Waals surface area (Å²) in [6, 6.07) is 6.17. The smallest absolute Gasteiger partial charge is 0.208 e. The average Bonchev–Trinajstić information content (AvgIpc) is 2.98. The van der Waals surface area contributed by atoms with Crippen molar-refractivity contribution in [2.24, 2.45) is 0 Å². The number of likely N-dealkylation sites (tertiary alicyclic amines) is 1. The highest BCUT2D eigenvalue weighted by molar-refractivity contribution is 7.88. The van der Waals surface area contributed by atoms with E-state index in [0.717, 1.165) is 49.4 Å². The number of benzene rings is 1. The Morgan fingerprint density at radius 1 is 1.30 bits per heavy atom. The second-order valence-corrected chi connectivity index (χ2v) is 7.65. The largest absolute Gasteiger partial charge is 0.497 e. The highest BCUT2D eigenvalue weighted by atomic mass is 32.2. The zero-order chi connectivity index (χ0) is 16.9. The van der Waals surface area contributed by atoms with Gasteiger partial charge in [0.05, 0.1) is 20.5 Å². The van der Waals surface area contributed by atoms with Gasteiger partial charge in [-0.2, -0.15) is 0 Å². The Bertz CT molecular complexity index is 619. The van der Waals surface area contributed by atoms with E-state index in [1.807, 2.05) is 18.2 Å². The Balaban J connectivity index is 2.03. The van der Waals surface area contributed by atoms with Crippen molar-refractivity contribution in [2.45, 2.75) is 25.3 Å². The molecule has 6 nitrogen and oxygen atoms in total. The van der Waals surface area contributed by atoms with Gasteiger partial charge >= 0.3 is 0 Å². The van der Waals surface area contributed by atoms with E-state index in [2.05, 4.69) is 9.62 Å². The highest BCUT2D eigenvalue weighted by Gasteiger charge is 2.28. The van der Waals surface area contributed by atoms with Crippen molar-refractivity contribution < 1.29 is 17.9 Å². The highest BCUT2D eigenvalue weighted by Crippen LogP contribution is 2.38. The minimum atomic E-state index is -3.11. The molecular weight excluding hydrogens is 316 g/mol. The summed E-state index contributed by atoms with van der Waals surface area (Å²) in [5.74, 6) is 1.70. The van der Waals surface area contributed by atoms with Crippen molar-refractivity contribution in [3.63, 3.8) is 0 Å². The Morgan fingerprint density at radius 3 is 2.74 bits per heavy atom.